The quantitative estimate of drug-likeness (QED) is 0.231. The average Bonchev–Trinajstić information content (AvgIpc) is 3.22. The summed E-state index contributed by atoms with van der Waals surface area (Å²) in [6.45, 7) is 1.67. The van der Waals surface area contributed by atoms with Crippen molar-refractivity contribution in [3.8, 4) is 16.9 Å². The first-order valence-corrected chi connectivity index (χ1v) is 11.6. The molecule has 1 aromatic heterocycles. The topological polar surface area (TPSA) is 27.1 Å². The molecular weight excluding hydrogens is 404 g/mol. The summed E-state index contributed by atoms with van der Waals surface area (Å²) in [6.07, 6.45) is 2.88. The largest absolute Gasteiger partial charge is 0.494 e. The Bertz CT molecular complexity index is 1290. The fourth-order valence-corrected chi connectivity index (χ4v) is 4.22. The minimum Gasteiger partial charge on any atom is -0.494 e. The highest BCUT2D eigenvalue weighted by atomic mass is 16.5. The van der Waals surface area contributed by atoms with Crippen molar-refractivity contribution in [2.75, 3.05) is 6.61 Å². The van der Waals surface area contributed by atoms with Crippen LogP contribution in [0, 0.1) is 0 Å². The summed E-state index contributed by atoms with van der Waals surface area (Å²) < 4.78 is 8.24. The summed E-state index contributed by atoms with van der Waals surface area (Å²) in [6, 6.07) is 37.8. The van der Waals surface area contributed by atoms with Gasteiger partial charge in [-0.1, -0.05) is 84.9 Å². The fraction of sp³-hybridized carbons (Fsp3) is 0.167. The van der Waals surface area contributed by atoms with Crippen LogP contribution in [0.1, 0.15) is 24.2 Å². The first-order chi connectivity index (χ1) is 16.4. The van der Waals surface area contributed by atoms with Crippen LogP contribution in [0.5, 0.6) is 5.75 Å². The van der Waals surface area contributed by atoms with Gasteiger partial charge < -0.3 is 9.30 Å². The minimum absolute atomic E-state index is 0.729. The van der Waals surface area contributed by atoms with Gasteiger partial charge in [-0.15, -0.1) is 0 Å². The number of hydrogen-bond donors (Lipinski definition) is 0. The smallest absolute Gasteiger partial charge is 0.119 e. The number of rotatable bonds is 9. The lowest BCUT2D eigenvalue weighted by Crippen LogP contribution is -2.07. The zero-order valence-corrected chi connectivity index (χ0v) is 18.7. The Hall–Kier alpha value is -3.85. The van der Waals surface area contributed by atoms with Gasteiger partial charge in [0.15, 0.2) is 0 Å². The Kier molecular flexibility index (Phi) is 6.48. The molecule has 5 rings (SSSR count). The van der Waals surface area contributed by atoms with Gasteiger partial charge in [0.25, 0.3) is 0 Å². The number of unbranched alkanes of at least 4 members (excludes halogenated alkanes) is 1. The maximum Gasteiger partial charge on any atom is 0.119 e. The second-order valence-electron chi connectivity index (χ2n) is 8.28. The van der Waals surface area contributed by atoms with Gasteiger partial charge in [0.1, 0.15) is 11.6 Å². The zero-order valence-electron chi connectivity index (χ0n) is 18.7. The van der Waals surface area contributed by atoms with Crippen LogP contribution in [0.15, 0.2) is 109 Å². The first-order valence-electron chi connectivity index (χ1n) is 11.6. The summed E-state index contributed by atoms with van der Waals surface area (Å²) in [7, 11) is 0. The van der Waals surface area contributed by atoms with E-state index in [-0.39, 0.29) is 0 Å². The molecule has 33 heavy (non-hydrogen) atoms. The molecule has 0 radical (unpaired) electrons. The molecule has 0 aliphatic rings. The zero-order chi connectivity index (χ0) is 22.3. The van der Waals surface area contributed by atoms with E-state index in [4.69, 9.17) is 9.72 Å². The highest BCUT2D eigenvalue weighted by Gasteiger charge is 2.11. The Balaban J connectivity index is 1.27. The predicted molar refractivity (Wildman–Crippen MR) is 136 cm³/mol. The molecule has 0 bridgehead atoms. The van der Waals surface area contributed by atoms with Crippen LogP contribution >= 0.6 is 0 Å². The van der Waals surface area contributed by atoms with Crippen LogP contribution < -0.4 is 4.74 Å². The molecule has 0 atom stereocenters. The second kappa shape index (κ2) is 10.2. The molecule has 0 spiro atoms. The molecule has 4 aromatic carbocycles. The van der Waals surface area contributed by atoms with Gasteiger partial charge in [-0.25, -0.2) is 4.98 Å². The van der Waals surface area contributed by atoms with Gasteiger partial charge in [-0.2, -0.15) is 0 Å². The number of ether oxygens (including phenoxy) is 1. The van der Waals surface area contributed by atoms with Gasteiger partial charge >= 0.3 is 0 Å². The molecule has 0 fully saturated rings. The molecule has 5 aromatic rings. The van der Waals surface area contributed by atoms with Gasteiger partial charge in [-0.05, 0) is 53.8 Å². The SMILES string of the molecule is c1ccc(OCCCCn2c(Cc3ccc(-c4ccccc4)cc3)nc3ccccc32)cc1. The number of aromatic nitrogens is 2. The molecule has 0 N–H and O–H groups in total. The lowest BCUT2D eigenvalue weighted by atomic mass is 10.0. The predicted octanol–water partition coefficient (Wildman–Crippen LogP) is 7.15. The molecule has 3 heteroatoms. The number of benzene rings is 4. The van der Waals surface area contributed by atoms with Crippen LogP contribution in [0.25, 0.3) is 22.2 Å². The van der Waals surface area contributed by atoms with Crippen molar-refractivity contribution in [1.82, 2.24) is 9.55 Å². The normalized spacial score (nSPS) is 11.0. The highest BCUT2D eigenvalue weighted by Crippen LogP contribution is 2.23. The Morgan fingerprint density at radius 3 is 2.09 bits per heavy atom. The van der Waals surface area contributed by atoms with Crippen LogP contribution in [0.3, 0.4) is 0 Å². The van der Waals surface area contributed by atoms with E-state index in [1.165, 1.54) is 22.2 Å². The summed E-state index contributed by atoms with van der Waals surface area (Å²) in [4.78, 5) is 4.97. The third-order valence-corrected chi connectivity index (χ3v) is 5.94. The van der Waals surface area contributed by atoms with Crippen molar-refractivity contribution >= 4 is 11.0 Å². The van der Waals surface area contributed by atoms with Crippen molar-refractivity contribution in [2.45, 2.75) is 25.8 Å². The standard InChI is InChI=1S/C30H28N2O/c1-3-11-25(12-4-1)26-19-17-24(18-20-26)23-30-31-28-15-7-8-16-29(28)32(30)21-9-10-22-33-27-13-5-2-6-14-27/h1-8,11-20H,9-10,21-23H2. The Labute approximate surface area is 195 Å². The number of hydrogen-bond acceptors (Lipinski definition) is 2. The number of para-hydroxylation sites is 3. The van der Waals surface area contributed by atoms with Gasteiger partial charge in [-0.3, -0.25) is 0 Å². The Morgan fingerprint density at radius 1 is 0.636 bits per heavy atom. The van der Waals surface area contributed by atoms with Gasteiger partial charge in [0.2, 0.25) is 0 Å². The molecule has 0 saturated carbocycles. The molecule has 0 aliphatic heterocycles. The van der Waals surface area contributed by atoms with Gasteiger partial charge in [0.05, 0.1) is 17.6 Å². The van der Waals surface area contributed by atoms with Crippen molar-refractivity contribution in [1.29, 1.82) is 0 Å². The molecule has 164 valence electrons. The summed E-state index contributed by atoms with van der Waals surface area (Å²) in [5, 5.41) is 0. The van der Waals surface area contributed by atoms with Crippen LogP contribution in [-0.4, -0.2) is 16.2 Å². The summed E-state index contributed by atoms with van der Waals surface area (Å²) in [5.41, 5.74) is 6.03. The van der Waals surface area contributed by atoms with Crippen LogP contribution in [-0.2, 0) is 13.0 Å². The molecule has 0 unspecified atom stereocenters. The molecule has 1 heterocycles. The molecule has 0 saturated heterocycles. The molecule has 0 amide bonds. The van der Waals surface area contributed by atoms with E-state index >= 15 is 0 Å². The van der Waals surface area contributed by atoms with Gasteiger partial charge in [0, 0.05) is 13.0 Å². The van der Waals surface area contributed by atoms with E-state index < -0.39 is 0 Å². The summed E-state index contributed by atoms with van der Waals surface area (Å²) in [5.74, 6) is 2.05. The summed E-state index contributed by atoms with van der Waals surface area (Å²) >= 11 is 0. The van der Waals surface area contributed by atoms with Crippen molar-refractivity contribution < 1.29 is 4.74 Å². The second-order valence-corrected chi connectivity index (χ2v) is 8.28. The monoisotopic (exact) mass is 432 g/mol. The maximum absolute atomic E-state index is 5.86. The number of fused-ring (bicyclic) bond motifs is 1. The molecule has 0 aliphatic carbocycles. The lowest BCUT2D eigenvalue weighted by molar-refractivity contribution is 0.303. The van der Waals surface area contributed by atoms with E-state index in [2.05, 4.69) is 83.4 Å². The molecule has 3 nitrogen and oxygen atoms in total. The molecular formula is C30H28N2O. The minimum atomic E-state index is 0.729. The lowest BCUT2D eigenvalue weighted by Gasteiger charge is -2.11. The average molecular weight is 433 g/mol. The number of aryl methyl sites for hydroxylation is 1. The third kappa shape index (κ3) is 5.15. The van der Waals surface area contributed by atoms with E-state index in [9.17, 15) is 0 Å². The van der Waals surface area contributed by atoms with Crippen molar-refractivity contribution in [3.05, 3.63) is 121 Å². The van der Waals surface area contributed by atoms with E-state index in [1.807, 2.05) is 30.3 Å². The van der Waals surface area contributed by atoms with Crippen molar-refractivity contribution in [3.63, 3.8) is 0 Å². The highest BCUT2D eigenvalue weighted by molar-refractivity contribution is 5.76. The fourth-order valence-electron chi connectivity index (χ4n) is 4.22. The van der Waals surface area contributed by atoms with Crippen LogP contribution in [0.2, 0.25) is 0 Å². The third-order valence-electron chi connectivity index (χ3n) is 5.94. The maximum atomic E-state index is 5.86. The number of nitrogens with zero attached hydrogens (tertiary/aromatic N) is 2. The number of imidazole rings is 1. The van der Waals surface area contributed by atoms with E-state index in [1.54, 1.807) is 0 Å². The van der Waals surface area contributed by atoms with E-state index in [0.29, 0.717) is 0 Å². The van der Waals surface area contributed by atoms with E-state index in [0.717, 1.165) is 49.5 Å². The first kappa shape index (κ1) is 21.0. The Morgan fingerprint density at radius 2 is 1.30 bits per heavy atom. The van der Waals surface area contributed by atoms with Crippen LogP contribution in [0.4, 0.5) is 0 Å². The van der Waals surface area contributed by atoms with Crippen molar-refractivity contribution in [2.24, 2.45) is 0 Å².